The van der Waals surface area contributed by atoms with Crippen LogP contribution in [0.2, 0.25) is 0 Å². The second-order valence-corrected chi connectivity index (χ2v) is 8.35. The van der Waals surface area contributed by atoms with Crippen molar-refractivity contribution in [3.63, 3.8) is 0 Å². The molecule has 0 saturated heterocycles. The Morgan fingerprint density at radius 1 is 1.00 bits per heavy atom. The molecule has 0 unspecified atom stereocenters. The van der Waals surface area contributed by atoms with Gasteiger partial charge in [0.25, 0.3) is 10.0 Å². The van der Waals surface area contributed by atoms with E-state index in [0.717, 1.165) is 11.3 Å². The van der Waals surface area contributed by atoms with Crippen molar-refractivity contribution in [2.45, 2.75) is 38.5 Å². The van der Waals surface area contributed by atoms with Gasteiger partial charge in [-0.15, -0.1) is 0 Å². The van der Waals surface area contributed by atoms with Gasteiger partial charge in [0.05, 0.1) is 10.6 Å². The van der Waals surface area contributed by atoms with Crippen LogP contribution < -0.4 is 4.72 Å². The summed E-state index contributed by atoms with van der Waals surface area (Å²) in [6, 6.07) is 14.4. The van der Waals surface area contributed by atoms with Crippen LogP contribution in [0.4, 0.5) is 5.69 Å². The molecule has 1 heterocycles. The fraction of sp³-hybridized carbons (Fsp3) is 0.250. The van der Waals surface area contributed by atoms with E-state index >= 15 is 0 Å². The van der Waals surface area contributed by atoms with E-state index in [9.17, 15) is 8.42 Å². The van der Waals surface area contributed by atoms with Crippen molar-refractivity contribution in [2.75, 3.05) is 4.72 Å². The number of rotatable bonds is 5. The van der Waals surface area contributed by atoms with Gasteiger partial charge in [-0.1, -0.05) is 43.3 Å². The molecule has 0 spiro atoms. The van der Waals surface area contributed by atoms with Crippen molar-refractivity contribution >= 4 is 15.7 Å². The molecule has 5 nitrogen and oxygen atoms in total. The molecule has 0 amide bonds. The van der Waals surface area contributed by atoms with Crippen molar-refractivity contribution in [3.8, 4) is 11.3 Å². The first-order chi connectivity index (χ1) is 12.3. The Kier molecular flexibility index (Phi) is 4.87. The van der Waals surface area contributed by atoms with Gasteiger partial charge in [0.15, 0.2) is 5.76 Å². The van der Waals surface area contributed by atoms with Crippen LogP contribution in [0.15, 0.2) is 57.9 Å². The summed E-state index contributed by atoms with van der Waals surface area (Å²) >= 11 is 0. The highest BCUT2D eigenvalue weighted by Crippen LogP contribution is 2.27. The summed E-state index contributed by atoms with van der Waals surface area (Å²) in [6.45, 7) is 7.78. The predicted molar refractivity (Wildman–Crippen MR) is 103 cm³/mol. The first-order valence-corrected chi connectivity index (χ1v) is 9.92. The van der Waals surface area contributed by atoms with Crippen molar-refractivity contribution in [3.05, 3.63) is 65.4 Å². The van der Waals surface area contributed by atoms with Gasteiger partial charge in [0.1, 0.15) is 0 Å². The van der Waals surface area contributed by atoms with Crippen molar-refractivity contribution in [1.82, 2.24) is 5.16 Å². The van der Waals surface area contributed by atoms with Crippen LogP contribution in [0.1, 0.15) is 36.6 Å². The Hall–Kier alpha value is -2.60. The average Bonchev–Trinajstić information content (AvgIpc) is 3.01. The molecule has 136 valence electrons. The lowest BCUT2D eigenvalue weighted by Crippen LogP contribution is -2.14. The van der Waals surface area contributed by atoms with E-state index in [0.29, 0.717) is 28.5 Å². The fourth-order valence-electron chi connectivity index (χ4n) is 2.69. The molecule has 3 rings (SSSR count). The lowest BCUT2D eigenvalue weighted by atomic mass is 10.0. The predicted octanol–water partition coefficient (Wildman–Crippen LogP) is 4.88. The number of sulfonamides is 1. The zero-order valence-corrected chi connectivity index (χ0v) is 16.1. The van der Waals surface area contributed by atoms with Gasteiger partial charge >= 0.3 is 0 Å². The monoisotopic (exact) mass is 370 g/mol. The second-order valence-electron chi connectivity index (χ2n) is 6.70. The summed E-state index contributed by atoms with van der Waals surface area (Å²) in [5, 5.41) is 3.86. The Morgan fingerprint density at radius 2 is 1.69 bits per heavy atom. The second kappa shape index (κ2) is 6.96. The molecule has 6 heteroatoms. The number of nitrogens with one attached hydrogen (secondary N) is 1. The SMILES string of the molecule is Cc1cc(-c2ccc(C)c(S(=O)(=O)Nc3ccc(C(C)C)cc3)c2)on1. The van der Waals surface area contributed by atoms with E-state index in [1.165, 1.54) is 0 Å². The van der Waals surface area contributed by atoms with Crippen molar-refractivity contribution in [1.29, 1.82) is 0 Å². The summed E-state index contributed by atoms with van der Waals surface area (Å²) in [5.41, 5.74) is 3.78. The third kappa shape index (κ3) is 3.80. The molecule has 0 radical (unpaired) electrons. The topological polar surface area (TPSA) is 72.2 Å². The Bertz CT molecular complexity index is 1020. The molecule has 0 fully saturated rings. The zero-order chi connectivity index (χ0) is 18.9. The quantitative estimate of drug-likeness (QED) is 0.694. The van der Waals surface area contributed by atoms with Gasteiger partial charge < -0.3 is 4.52 Å². The van der Waals surface area contributed by atoms with E-state index in [4.69, 9.17) is 4.52 Å². The molecule has 0 aliphatic heterocycles. The highest BCUT2D eigenvalue weighted by molar-refractivity contribution is 7.92. The van der Waals surface area contributed by atoms with E-state index in [-0.39, 0.29) is 4.90 Å². The fourth-order valence-corrected chi connectivity index (χ4v) is 4.02. The van der Waals surface area contributed by atoms with Gasteiger partial charge in [-0.3, -0.25) is 4.72 Å². The maximum atomic E-state index is 12.9. The maximum Gasteiger partial charge on any atom is 0.262 e. The molecule has 0 bridgehead atoms. The molecule has 2 aromatic carbocycles. The van der Waals surface area contributed by atoms with Gasteiger partial charge in [-0.25, -0.2) is 8.42 Å². The largest absolute Gasteiger partial charge is 0.356 e. The molecule has 0 aliphatic carbocycles. The summed E-state index contributed by atoms with van der Waals surface area (Å²) < 4.78 is 33.6. The van der Waals surface area contributed by atoms with Crippen LogP contribution >= 0.6 is 0 Å². The molecule has 1 aromatic heterocycles. The molecule has 1 N–H and O–H groups in total. The summed E-state index contributed by atoms with van der Waals surface area (Å²) in [6.07, 6.45) is 0. The maximum absolute atomic E-state index is 12.9. The molecular formula is C20H22N2O3S. The molecule has 26 heavy (non-hydrogen) atoms. The zero-order valence-electron chi connectivity index (χ0n) is 15.3. The normalized spacial score (nSPS) is 11.7. The minimum Gasteiger partial charge on any atom is -0.356 e. The summed E-state index contributed by atoms with van der Waals surface area (Å²) in [7, 11) is -3.71. The molecule has 0 atom stereocenters. The van der Waals surface area contributed by atoms with Crippen LogP contribution in [-0.4, -0.2) is 13.6 Å². The Labute approximate surface area is 154 Å². The number of hydrogen-bond acceptors (Lipinski definition) is 4. The van der Waals surface area contributed by atoms with E-state index < -0.39 is 10.0 Å². The first kappa shape index (κ1) is 18.2. The third-order valence-electron chi connectivity index (χ3n) is 4.22. The van der Waals surface area contributed by atoms with Crippen LogP contribution in [0, 0.1) is 13.8 Å². The minimum atomic E-state index is -3.71. The van der Waals surface area contributed by atoms with Gasteiger partial charge in [-0.05, 0) is 49.1 Å². The van der Waals surface area contributed by atoms with E-state index in [1.54, 1.807) is 37.3 Å². The third-order valence-corrected chi connectivity index (χ3v) is 5.74. The van der Waals surface area contributed by atoms with Crippen molar-refractivity contribution in [2.24, 2.45) is 0 Å². The van der Waals surface area contributed by atoms with Crippen LogP contribution in [0.25, 0.3) is 11.3 Å². The van der Waals surface area contributed by atoms with E-state index in [2.05, 4.69) is 23.7 Å². The number of nitrogens with zero attached hydrogens (tertiary/aromatic N) is 1. The van der Waals surface area contributed by atoms with E-state index in [1.807, 2.05) is 25.1 Å². The number of hydrogen-bond donors (Lipinski definition) is 1. The van der Waals surface area contributed by atoms with Gasteiger partial charge in [0.2, 0.25) is 0 Å². The Balaban J connectivity index is 1.93. The number of anilines is 1. The highest BCUT2D eigenvalue weighted by atomic mass is 32.2. The molecule has 0 saturated carbocycles. The molecular weight excluding hydrogens is 348 g/mol. The lowest BCUT2D eigenvalue weighted by Gasteiger charge is -2.12. The first-order valence-electron chi connectivity index (χ1n) is 8.43. The number of aryl methyl sites for hydroxylation is 2. The molecule has 0 aliphatic rings. The Morgan fingerprint density at radius 3 is 2.27 bits per heavy atom. The minimum absolute atomic E-state index is 0.219. The van der Waals surface area contributed by atoms with Crippen LogP contribution in [0.3, 0.4) is 0 Å². The average molecular weight is 370 g/mol. The smallest absolute Gasteiger partial charge is 0.262 e. The summed E-state index contributed by atoms with van der Waals surface area (Å²) in [5.74, 6) is 0.935. The van der Waals surface area contributed by atoms with Gasteiger partial charge in [-0.2, -0.15) is 0 Å². The standard InChI is InChI=1S/C20H22N2O3S/c1-13(2)16-7-9-18(10-8-16)22-26(23,24)20-12-17(6-5-14(20)3)19-11-15(4)21-25-19/h5-13,22H,1-4H3. The molecule has 3 aromatic rings. The number of aromatic nitrogens is 1. The van der Waals surface area contributed by atoms with Crippen molar-refractivity contribution < 1.29 is 12.9 Å². The lowest BCUT2D eigenvalue weighted by molar-refractivity contribution is 0.427. The van der Waals surface area contributed by atoms with Gasteiger partial charge in [0, 0.05) is 17.3 Å². The van der Waals surface area contributed by atoms with Crippen LogP contribution in [0.5, 0.6) is 0 Å². The highest BCUT2D eigenvalue weighted by Gasteiger charge is 2.19. The number of benzene rings is 2. The van der Waals surface area contributed by atoms with Crippen LogP contribution in [-0.2, 0) is 10.0 Å². The summed E-state index contributed by atoms with van der Waals surface area (Å²) in [4.78, 5) is 0.219.